The van der Waals surface area contributed by atoms with Crippen LogP contribution in [-0.4, -0.2) is 21.5 Å². The van der Waals surface area contributed by atoms with Gasteiger partial charge in [-0.15, -0.1) is 0 Å². The van der Waals surface area contributed by atoms with Crippen LogP contribution >= 0.6 is 23.2 Å². The SMILES string of the molecule is OC1N=NC=C(Cl)C1(O)Cl. The molecule has 0 saturated heterocycles. The summed E-state index contributed by atoms with van der Waals surface area (Å²) in [6, 6.07) is 0. The van der Waals surface area contributed by atoms with Crippen LogP contribution in [0.15, 0.2) is 21.5 Å². The molecule has 1 aliphatic heterocycles. The number of aliphatic hydroxyl groups excluding tert-OH is 1. The highest BCUT2D eigenvalue weighted by Crippen LogP contribution is 2.32. The van der Waals surface area contributed by atoms with E-state index in [4.69, 9.17) is 33.4 Å². The van der Waals surface area contributed by atoms with E-state index in [0.717, 1.165) is 6.20 Å². The second-order valence-corrected chi connectivity index (χ2v) is 2.74. The van der Waals surface area contributed by atoms with Gasteiger partial charge in [-0.05, 0) is 0 Å². The summed E-state index contributed by atoms with van der Waals surface area (Å²) in [6.07, 6.45) is -0.423. The summed E-state index contributed by atoms with van der Waals surface area (Å²) < 4.78 is 0. The Balaban J connectivity index is 2.93. The molecule has 0 fully saturated rings. The van der Waals surface area contributed by atoms with E-state index in [1.54, 1.807) is 0 Å². The first-order valence-corrected chi connectivity index (χ1v) is 3.16. The van der Waals surface area contributed by atoms with Gasteiger partial charge >= 0.3 is 0 Å². The van der Waals surface area contributed by atoms with Crippen molar-refractivity contribution in [3.8, 4) is 0 Å². The van der Waals surface area contributed by atoms with Gasteiger partial charge in [0.05, 0.1) is 11.2 Å². The summed E-state index contributed by atoms with van der Waals surface area (Å²) in [5.41, 5.74) is 0. The fraction of sp³-hybridized carbons (Fsp3) is 0.500. The summed E-state index contributed by atoms with van der Waals surface area (Å²) in [7, 11) is 0. The van der Waals surface area contributed by atoms with Crippen LogP contribution in [0.3, 0.4) is 0 Å². The van der Waals surface area contributed by atoms with Gasteiger partial charge in [-0.2, -0.15) is 10.2 Å². The zero-order valence-electron chi connectivity index (χ0n) is 4.70. The van der Waals surface area contributed by atoms with Crippen molar-refractivity contribution in [2.24, 2.45) is 10.2 Å². The maximum absolute atomic E-state index is 9.07. The molecule has 0 spiro atoms. The molecule has 2 N–H and O–H groups in total. The molecule has 0 radical (unpaired) electrons. The molecule has 0 amide bonds. The lowest BCUT2D eigenvalue weighted by Crippen LogP contribution is -2.36. The van der Waals surface area contributed by atoms with Crippen molar-refractivity contribution in [3.63, 3.8) is 0 Å². The van der Waals surface area contributed by atoms with Gasteiger partial charge in [-0.3, -0.25) is 0 Å². The molecule has 4 nitrogen and oxygen atoms in total. The molecule has 1 heterocycles. The first-order chi connectivity index (χ1) is 4.55. The molecule has 2 atom stereocenters. The number of aliphatic hydroxyl groups is 2. The van der Waals surface area contributed by atoms with Crippen molar-refractivity contribution in [2.75, 3.05) is 0 Å². The summed E-state index contributed by atoms with van der Waals surface area (Å²) >= 11 is 10.7. The Hall–Kier alpha value is -0.160. The topological polar surface area (TPSA) is 65.2 Å². The number of halogens is 2. The maximum atomic E-state index is 9.07. The minimum atomic E-state index is -2.01. The third-order valence-corrected chi connectivity index (χ3v) is 1.91. The first-order valence-electron chi connectivity index (χ1n) is 2.40. The van der Waals surface area contributed by atoms with E-state index in [0.29, 0.717) is 0 Å². The summed E-state index contributed by atoms with van der Waals surface area (Å²) in [4.78, 5) is 0. The number of alkyl halides is 1. The standard InChI is InChI=1S/C4H4Cl2N2O2/c5-2-1-7-8-3(9)4(2,6)10/h1,3,9-10H. The average Bonchev–Trinajstić information content (AvgIpc) is 1.84. The molecule has 56 valence electrons. The van der Waals surface area contributed by atoms with Crippen LogP contribution < -0.4 is 0 Å². The molecule has 0 bridgehead atoms. The predicted octanol–water partition coefficient (Wildman–Crippen LogP) is 0.778. The van der Waals surface area contributed by atoms with Crippen molar-refractivity contribution >= 4 is 23.2 Å². The molecular weight excluding hydrogens is 179 g/mol. The second kappa shape index (κ2) is 2.47. The van der Waals surface area contributed by atoms with Crippen LogP contribution in [-0.2, 0) is 0 Å². The largest absolute Gasteiger partial charge is 0.367 e. The minimum Gasteiger partial charge on any atom is -0.367 e. The predicted molar refractivity (Wildman–Crippen MR) is 35.6 cm³/mol. The fourth-order valence-corrected chi connectivity index (χ4v) is 0.671. The molecule has 6 heteroatoms. The molecule has 1 rings (SSSR count). The number of nitrogens with zero attached hydrogens (tertiary/aromatic N) is 2. The Bertz CT molecular complexity index is 201. The molecule has 0 saturated carbocycles. The molecule has 0 aromatic rings. The Morgan fingerprint density at radius 3 is 2.70 bits per heavy atom. The highest BCUT2D eigenvalue weighted by molar-refractivity contribution is 6.39. The zero-order valence-corrected chi connectivity index (χ0v) is 6.21. The quantitative estimate of drug-likeness (QED) is 0.545. The Morgan fingerprint density at radius 1 is 1.70 bits per heavy atom. The van der Waals surface area contributed by atoms with E-state index in [-0.39, 0.29) is 5.03 Å². The molecule has 0 aromatic heterocycles. The highest BCUT2D eigenvalue weighted by atomic mass is 35.5. The number of azo groups is 1. The Kier molecular flexibility index (Phi) is 1.96. The van der Waals surface area contributed by atoms with Crippen molar-refractivity contribution in [2.45, 2.75) is 11.3 Å². The van der Waals surface area contributed by atoms with E-state index in [9.17, 15) is 0 Å². The van der Waals surface area contributed by atoms with Gasteiger partial charge < -0.3 is 10.2 Å². The van der Waals surface area contributed by atoms with Crippen LogP contribution in [0, 0.1) is 0 Å². The van der Waals surface area contributed by atoms with Crippen LogP contribution in [0.25, 0.3) is 0 Å². The minimum absolute atomic E-state index is 0.142. The third-order valence-electron chi connectivity index (χ3n) is 1.02. The molecule has 10 heavy (non-hydrogen) atoms. The van der Waals surface area contributed by atoms with Gasteiger partial charge in [0, 0.05) is 0 Å². The normalized spacial score (nSPS) is 39.6. The molecule has 0 aliphatic carbocycles. The van der Waals surface area contributed by atoms with E-state index < -0.39 is 11.3 Å². The summed E-state index contributed by atoms with van der Waals surface area (Å²) in [5, 5.41) is 22.2. The van der Waals surface area contributed by atoms with Crippen molar-refractivity contribution in [1.29, 1.82) is 0 Å². The Morgan fingerprint density at radius 2 is 2.30 bits per heavy atom. The van der Waals surface area contributed by atoms with Gasteiger partial charge in [0.15, 0.2) is 0 Å². The van der Waals surface area contributed by atoms with Gasteiger partial charge in [0.25, 0.3) is 0 Å². The summed E-state index contributed by atoms with van der Waals surface area (Å²) in [5.74, 6) is 0. The van der Waals surface area contributed by atoms with Crippen LogP contribution in [0.2, 0.25) is 0 Å². The fourth-order valence-electron chi connectivity index (χ4n) is 0.438. The molecular formula is C4H4Cl2N2O2. The van der Waals surface area contributed by atoms with Crippen molar-refractivity contribution in [3.05, 3.63) is 11.2 Å². The highest BCUT2D eigenvalue weighted by Gasteiger charge is 2.39. The van der Waals surface area contributed by atoms with Gasteiger partial charge in [-0.1, -0.05) is 23.2 Å². The number of hydrogen-bond donors (Lipinski definition) is 2. The van der Waals surface area contributed by atoms with Crippen LogP contribution in [0.5, 0.6) is 0 Å². The number of hydrogen-bond acceptors (Lipinski definition) is 4. The van der Waals surface area contributed by atoms with E-state index in [1.807, 2.05) is 0 Å². The lowest BCUT2D eigenvalue weighted by Gasteiger charge is -2.23. The monoisotopic (exact) mass is 182 g/mol. The lowest BCUT2D eigenvalue weighted by molar-refractivity contribution is 0.0143. The molecule has 2 unspecified atom stereocenters. The lowest BCUT2D eigenvalue weighted by atomic mass is 10.3. The first kappa shape index (κ1) is 7.94. The second-order valence-electron chi connectivity index (χ2n) is 1.76. The van der Waals surface area contributed by atoms with Crippen LogP contribution in [0.4, 0.5) is 0 Å². The van der Waals surface area contributed by atoms with Crippen LogP contribution in [0.1, 0.15) is 0 Å². The van der Waals surface area contributed by atoms with E-state index in [2.05, 4.69) is 10.2 Å². The number of rotatable bonds is 0. The Labute approximate surface area is 66.8 Å². The van der Waals surface area contributed by atoms with Crippen molar-refractivity contribution < 1.29 is 10.2 Å². The smallest absolute Gasteiger partial charge is 0.225 e. The average molecular weight is 183 g/mol. The van der Waals surface area contributed by atoms with E-state index in [1.165, 1.54) is 0 Å². The van der Waals surface area contributed by atoms with Gasteiger partial charge in [-0.25, -0.2) is 0 Å². The van der Waals surface area contributed by atoms with Gasteiger partial charge in [0.1, 0.15) is 0 Å². The van der Waals surface area contributed by atoms with Gasteiger partial charge in [0.2, 0.25) is 11.3 Å². The van der Waals surface area contributed by atoms with E-state index >= 15 is 0 Å². The third kappa shape index (κ3) is 1.15. The zero-order chi connectivity index (χ0) is 7.78. The summed E-state index contributed by atoms with van der Waals surface area (Å²) in [6.45, 7) is 0. The maximum Gasteiger partial charge on any atom is 0.225 e. The molecule has 1 aliphatic rings. The molecule has 0 aromatic carbocycles. The van der Waals surface area contributed by atoms with Crippen molar-refractivity contribution in [1.82, 2.24) is 0 Å².